The van der Waals surface area contributed by atoms with Crippen molar-refractivity contribution in [1.29, 1.82) is 0 Å². The lowest BCUT2D eigenvalue weighted by Crippen LogP contribution is -2.27. The Morgan fingerprint density at radius 2 is 1.73 bits per heavy atom. The van der Waals surface area contributed by atoms with Gasteiger partial charge in [-0.15, -0.1) is 0 Å². The van der Waals surface area contributed by atoms with Gasteiger partial charge in [0, 0.05) is 21.7 Å². The number of anilines is 2. The van der Waals surface area contributed by atoms with Crippen LogP contribution in [-0.4, -0.2) is 0 Å². The van der Waals surface area contributed by atoms with Gasteiger partial charge >= 0.3 is 0 Å². The van der Waals surface area contributed by atoms with Crippen LogP contribution in [0.2, 0.25) is 0 Å². The Labute approximate surface area is 219 Å². The van der Waals surface area contributed by atoms with Gasteiger partial charge < -0.3 is 5.32 Å². The van der Waals surface area contributed by atoms with Crippen molar-refractivity contribution in [1.82, 2.24) is 0 Å². The molecule has 0 unspecified atom stereocenters. The molecule has 0 radical (unpaired) electrons. The van der Waals surface area contributed by atoms with E-state index in [4.69, 9.17) is 0 Å². The van der Waals surface area contributed by atoms with Crippen molar-refractivity contribution in [3.8, 4) is 11.1 Å². The van der Waals surface area contributed by atoms with Gasteiger partial charge in [0.05, 0.1) is 5.69 Å². The molecule has 0 heterocycles. The third kappa shape index (κ3) is 3.86. The van der Waals surface area contributed by atoms with Crippen molar-refractivity contribution in [3.63, 3.8) is 0 Å². The van der Waals surface area contributed by atoms with E-state index in [1.54, 1.807) is 0 Å². The SMILES string of the molecule is C=C/C=c1/c(Nc2cccc(-c3ccccc3)c2)c2cc3c(cc2c/c1=C/C)C1=C(C=CCC1)C3(C)C. The smallest absolute Gasteiger partial charge is 0.0543 e. The number of allylic oxidation sites excluding steroid dienone is 5. The van der Waals surface area contributed by atoms with E-state index in [0.29, 0.717) is 0 Å². The summed E-state index contributed by atoms with van der Waals surface area (Å²) in [7, 11) is 0. The number of hydrogen-bond acceptors (Lipinski definition) is 1. The average Bonchev–Trinajstić information content (AvgIpc) is 3.15. The molecular formula is C36H33N. The second-order valence-corrected chi connectivity index (χ2v) is 10.6. The van der Waals surface area contributed by atoms with Gasteiger partial charge in [0.15, 0.2) is 0 Å². The van der Waals surface area contributed by atoms with Gasteiger partial charge in [-0.3, -0.25) is 0 Å². The van der Waals surface area contributed by atoms with Crippen molar-refractivity contribution in [2.45, 2.75) is 39.0 Å². The Balaban J connectivity index is 1.59. The van der Waals surface area contributed by atoms with Crippen molar-refractivity contribution in [2.75, 3.05) is 5.32 Å². The maximum absolute atomic E-state index is 4.03. The summed E-state index contributed by atoms with van der Waals surface area (Å²) in [5.41, 5.74) is 10.5. The number of benzene rings is 4. The minimum Gasteiger partial charge on any atom is -0.354 e. The summed E-state index contributed by atoms with van der Waals surface area (Å²) in [5, 5.41) is 8.74. The predicted molar refractivity (Wildman–Crippen MR) is 161 cm³/mol. The summed E-state index contributed by atoms with van der Waals surface area (Å²) in [4.78, 5) is 0. The first-order chi connectivity index (χ1) is 18.0. The van der Waals surface area contributed by atoms with Crippen LogP contribution in [0.3, 0.4) is 0 Å². The molecule has 2 aliphatic rings. The molecule has 0 saturated carbocycles. The molecule has 0 bridgehead atoms. The molecule has 1 nitrogen and oxygen atoms in total. The Kier molecular flexibility index (Phi) is 5.72. The number of fused-ring (bicyclic) bond motifs is 3. The lowest BCUT2D eigenvalue weighted by atomic mass is 9.79. The maximum atomic E-state index is 4.03. The molecule has 0 amide bonds. The van der Waals surface area contributed by atoms with Crippen LogP contribution < -0.4 is 15.8 Å². The molecule has 0 aliphatic heterocycles. The molecule has 1 N–H and O–H groups in total. The van der Waals surface area contributed by atoms with E-state index in [2.05, 4.69) is 130 Å². The monoisotopic (exact) mass is 479 g/mol. The second kappa shape index (κ2) is 9.09. The minimum atomic E-state index is -0.00185. The Morgan fingerprint density at radius 3 is 2.51 bits per heavy atom. The Morgan fingerprint density at radius 1 is 0.919 bits per heavy atom. The lowest BCUT2D eigenvalue weighted by Gasteiger charge is -2.24. The first-order valence-corrected chi connectivity index (χ1v) is 13.2. The maximum Gasteiger partial charge on any atom is 0.0543 e. The van der Waals surface area contributed by atoms with Gasteiger partial charge in [0.1, 0.15) is 0 Å². The number of nitrogens with one attached hydrogen (secondary N) is 1. The summed E-state index contributed by atoms with van der Waals surface area (Å²) >= 11 is 0. The van der Waals surface area contributed by atoms with Crippen LogP contribution >= 0.6 is 0 Å². The van der Waals surface area contributed by atoms with Gasteiger partial charge in [-0.05, 0) is 94.1 Å². The van der Waals surface area contributed by atoms with Crippen molar-refractivity contribution in [3.05, 3.63) is 125 Å². The van der Waals surface area contributed by atoms with Crippen LogP contribution in [-0.2, 0) is 5.41 Å². The fourth-order valence-corrected chi connectivity index (χ4v) is 6.15. The molecule has 182 valence electrons. The van der Waals surface area contributed by atoms with E-state index in [9.17, 15) is 0 Å². The van der Waals surface area contributed by atoms with Crippen LogP contribution in [0.1, 0.15) is 44.7 Å². The molecule has 37 heavy (non-hydrogen) atoms. The van der Waals surface area contributed by atoms with Crippen LogP contribution in [0.15, 0.2) is 103 Å². The highest BCUT2D eigenvalue weighted by Gasteiger charge is 2.37. The molecule has 6 rings (SSSR count). The van der Waals surface area contributed by atoms with E-state index < -0.39 is 0 Å². The van der Waals surface area contributed by atoms with Crippen LogP contribution in [0.25, 0.3) is 39.6 Å². The largest absolute Gasteiger partial charge is 0.354 e. The molecule has 4 aromatic carbocycles. The third-order valence-electron chi connectivity index (χ3n) is 8.03. The molecule has 1 heteroatoms. The van der Waals surface area contributed by atoms with Crippen molar-refractivity contribution >= 4 is 39.9 Å². The minimum absolute atomic E-state index is 0.00185. The van der Waals surface area contributed by atoms with Gasteiger partial charge in [-0.2, -0.15) is 0 Å². The number of hydrogen-bond donors (Lipinski definition) is 1. The normalized spacial score (nSPS) is 16.7. The zero-order valence-electron chi connectivity index (χ0n) is 21.9. The average molecular weight is 480 g/mol. The van der Waals surface area contributed by atoms with Gasteiger partial charge in [0.25, 0.3) is 0 Å². The highest BCUT2D eigenvalue weighted by Crippen LogP contribution is 2.51. The van der Waals surface area contributed by atoms with E-state index in [0.717, 1.165) is 24.2 Å². The summed E-state index contributed by atoms with van der Waals surface area (Å²) in [6, 6.07) is 26.5. The fourth-order valence-electron chi connectivity index (χ4n) is 6.15. The van der Waals surface area contributed by atoms with Crippen LogP contribution in [0.5, 0.6) is 0 Å². The standard InChI is InChI=1S/C36H33N/c1-5-13-29-24(6-2)20-27-22-32-30-18-10-11-19-33(30)36(3,4)34(32)23-31(27)35(29)37-28-17-12-16-26(21-28)25-14-8-7-9-15-25/h5-9,11-17,19-23,37H,1,10,18H2,2-4H3/b24-6-,29-13+. The zero-order valence-corrected chi connectivity index (χ0v) is 21.9. The third-order valence-corrected chi connectivity index (χ3v) is 8.03. The fraction of sp³-hybridized carbons (Fsp3) is 0.167. The first-order valence-electron chi connectivity index (χ1n) is 13.2. The summed E-state index contributed by atoms with van der Waals surface area (Å²) < 4.78 is 0. The van der Waals surface area contributed by atoms with Gasteiger partial charge in [-0.25, -0.2) is 0 Å². The first kappa shape index (κ1) is 23.3. The summed E-state index contributed by atoms with van der Waals surface area (Å²) in [6.07, 6.45) is 13.2. The lowest BCUT2D eigenvalue weighted by molar-refractivity contribution is 0.652. The molecule has 0 spiro atoms. The Bertz CT molecular complexity index is 1730. The molecule has 4 aromatic rings. The summed E-state index contributed by atoms with van der Waals surface area (Å²) in [5.74, 6) is 0. The van der Waals surface area contributed by atoms with Crippen LogP contribution in [0, 0.1) is 0 Å². The van der Waals surface area contributed by atoms with Gasteiger partial charge in [0.2, 0.25) is 0 Å². The molecular weight excluding hydrogens is 446 g/mol. The second-order valence-electron chi connectivity index (χ2n) is 10.6. The van der Waals surface area contributed by atoms with Crippen molar-refractivity contribution in [2.24, 2.45) is 0 Å². The zero-order chi connectivity index (χ0) is 25.6. The predicted octanol–water partition coefficient (Wildman–Crippen LogP) is 8.41. The van der Waals surface area contributed by atoms with Crippen LogP contribution in [0.4, 0.5) is 11.4 Å². The van der Waals surface area contributed by atoms with Crippen molar-refractivity contribution < 1.29 is 0 Å². The summed E-state index contributed by atoms with van der Waals surface area (Å²) in [6.45, 7) is 10.9. The highest BCUT2D eigenvalue weighted by molar-refractivity contribution is 6.01. The topological polar surface area (TPSA) is 12.0 Å². The number of rotatable bonds is 4. The molecule has 2 aliphatic carbocycles. The highest BCUT2D eigenvalue weighted by atomic mass is 14.9. The molecule has 0 saturated heterocycles. The van der Waals surface area contributed by atoms with E-state index in [1.807, 2.05) is 6.08 Å². The van der Waals surface area contributed by atoms with E-state index in [1.165, 1.54) is 54.6 Å². The van der Waals surface area contributed by atoms with E-state index in [-0.39, 0.29) is 5.41 Å². The molecule has 0 atom stereocenters. The van der Waals surface area contributed by atoms with E-state index >= 15 is 0 Å². The Hall–Kier alpha value is -4.10. The molecule has 0 aromatic heterocycles. The quantitative estimate of drug-likeness (QED) is 0.310. The van der Waals surface area contributed by atoms with Gasteiger partial charge in [-0.1, -0.05) is 93.3 Å². The molecule has 0 fully saturated rings.